The van der Waals surface area contributed by atoms with Crippen LogP contribution in [0.25, 0.3) is 0 Å². The number of hydrogen-bond donors (Lipinski definition) is 2. The molecule has 1 aliphatic heterocycles. The van der Waals surface area contributed by atoms with Crippen molar-refractivity contribution in [1.82, 2.24) is 15.8 Å². The smallest absolute Gasteiger partial charge is 0.344 e. The van der Waals surface area contributed by atoms with Crippen LogP contribution in [0.2, 0.25) is 0 Å². The number of nitrogens with zero attached hydrogens (tertiary/aromatic N) is 1. The molecule has 0 aliphatic carbocycles. The second-order valence-electron chi connectivity index (χ2n) is 6.63. The van der Waals surface area contributed by atoms with Crippen molar-refractivity contribution in [1.29, 1.82) is 0 Å². The van der Waals surface area contributed by atoms with Crippen LogP contribution in [0.5, 0.6) is 17.2 Å². The van der Waals surface area contributed by atoms with Crippen molar-refractivity contribution in [3.63, 3.8) is 0 Å². The van der Waals surface area contributed by atoms with Crippen LogP contribution < -0.4 is 25.0 Å². The van der Waals surface area contributed by atoms with Gasteiger partial charge in [0.2, 0.25) is 0 Å². The minimum Gasteiger partial charge on any atom is -0.497 e. The summed E-state index contributed by atoms with van der Waals surface area (Å²) in [5, 5.41) is 3.27. The number of benzene rings is 2. The summed E-state index contributed by atoms with van der Waals surface area (Å²) in [6.45, 7) is 3.44. The fraction of sp³-hybridized carbons (Fsp3) is 0.286. The van der Waals surface area contributed by atoms with E-state index in [1.807, 2.05) is 6.92 Å². The maximum absolute atomic E-state index is 12.9. The van der Waals surface area contributed by atoms with E-state index in [-0.39, 0.29) is 0 Å². The zero-order chi connectivity index (χ0) is 21.7. The van der Waals surface area contributed by atoms with Crippen LogP contribution >= 0.6 is 0 Å². The third-order valence-corrected chi connectivity index (χ3v) is 4.60. The standard InChI is InChI=1S/C21H23N3O6/c1-4-29-16-7-5-6-8-17(16)30-13-18(25)23-24-19(26)21(2,22-20(24)27)14-9-11-15(28-3)12-10-14/h5-12H,4,13H2,1-3H3,(H,22,27)(H,23,25)/t21-/m1/s1. The molecule has 4 amide bonds. The van der Waals surface area contributed by atoms with Crippen LogP contribution in [0.15, 0.2) is 48.5 Å². The fourth-order valence-electron chi connectivity index (χ4n) is 3.01. The highest BCUT2D eigenvalue weighted by Crippen LogP contribution is 2.29. The van der Waals surface area contributed by atoms with Crippen LogP contribution in [0.4, 0.5) is 4.79 Å². The van der Waals surface area contributed by atoms with Crippen molar-refractivity contribution in [2.75, 3.05) is 20.3 Å². The molecule has 2 N–H and O–H groups in total. The molecule has 1 saturated heterocycles. The molecule has 1 atom stereocenters. The maximum atomic E-state index is 12.9. The van der Waals surface area contributed by atoms with Crippen LogP contribution in [0, 0.1) is 0 Å². The van der Waals surface area contributed by atoms with Crippen molar-refractivity contribution in [2.24, 2.45) is 0 Å². The Labute approximate surface area is 173 Å². The molecule has 1 heterocycles. The Bertz CT molecular complexity index is 946. The number of carbonyl (C=O) groups is 3. The average molecular weight is 413 g/mol. The van der Waals surface area contributed by atoms with Gasteiger partial charge in [-0.25, -0.2) is 4.79 Å². The number of rotatable bonds is 8. The lowest BCUT2D eigenvalue weighted by atomic mass is 9.92. The molecule has 0 unspecified atom stereocenters. The number of hydrogen-bond acceptors (Lipinski definition) is 6. The SMILES string of the molecule is CCOc1ccccc1OCC(=O)NN1C(=O)N[C@](C)(c2ccc(OC)cc2)C1=O. The molecule has 30 heavy (non-hydrogen) atoms. The van der Waals surface area contributed by atoms with Gasteiger partial charge in [-0.3, -0.25) is 15.0 Å². The quantitative estimate of drug-likeness (QED) is 0.641. The number of imide groups is 1. The summed E-state index contributed by atoms with van der Waals surface area (Å²) in [5.74, 6) is 0.225. The van der Waals surface area contributed by atoms with E-state index >= 15 is 0 Å². The van der Waals surface area contributed by atoms with Crippen LogP contribution in [-0.2, 0) is 15.1 Å². The van der Waals surface area contributed by atoms with E-state index in [2.05, 4.69) is 10.7 Å². The van der Waals surface area contributed by atoms with Crippen molar-refractivity contribution >= 4 is 17.8 Å². The van der Waals surface area contributed by atoms with E-state index in [1.165, 1.54) is 7.11 Å². The van der Waals surface area contributed by atoms with Gasteiger partial charge in [0.15, 0.2) is 18.1 Å². The summed E-state index contributed by atoms with van der Waals surface area (Å²) in [6, 6.07) is 12.9. The van der Waals surface area contributed by atoms with Crippen molar-refractivity contribution in [3.05, 3.63) is 54.1 Å². The van der Waals surface area contributed by atoms with E-state index in [9.17, 15) is 14.4 Å². The molecule has 0 aromatic heterocycles. The van der Waals surface area contributed by atoms with E-state index in [0.717, 1.165) is 0 Å². The molecule has 3 rings (SSSR count). The number of hydrazine groups is 1. The molecule has 0 saturated carbocycles. The van der Waals surface area contributed by atoms with Gasteiger partial charge in [-0.15, -0.1) is 0 Å². The predicted molar refractivity (Wildman–Crippen MR) is 107 cm³/mol. The van der Waals surface area contributed by atoms with Gasteiger partial charge in [-0.05, 0) is 43.7 Å². The third kappa shape index (κ3) is 4.14. The molecule has 0 radical (unpaired) electrons. The normalized spacial score (nSPS) is 18.0. The zero-order valence-electron chi connectivity index (χ0n) is 16.9. The predicted octanol–water partition coefficient (Wildman–Crippen LogP) is 1.97. The second kappa shape index (κ2) is 8.73. The molecular formula is C21H23N3O6. The zero-order valence-corrected chi connectivity index (χ0v) is 16.9. The lowest BCUT2D eigenvalue weighted by molar-refractivity contribution is -0.139. The number of nitrogens with one attached hydrogen (secondary N) is 2. The molecule has 9 heteroatoms. The first-order valence-electron chi connectivity index (χ1n) is 9.34. The van der Waals surface area contributed by atoms with Gasteiger partial charge in [0.05, 0.1) is 13.7 Å². The van der Waals surface area contributed by atoms with Gasteiger partial charge in [0, 0.05) is 0 Å². The summed E-state index contributed by atoms with van der Waals surface area (Å²) in [4.78, 5) is 37.5. The largest absolute Gasteiger partial charge is 0.497 e. The minimum absolute atomic E-state index is 0.384. The fourth-order valence-corrected chi connectivity index (χ4v) is 3.01. The summed E-state index contributed by atoms with van der Waals surface area (Å²) in [7, 11) is 1.53. The van der Waals surface area contributed by atoms with Crippen molar-refractivity contribution in [2.45, 2.75) is 19.4 Å². The molecule has 1 aliphatic rings. The summed E-state index contributed by atoms with van der Waals surface area (Å²) >= 11 is 0. The number of ether oxygens (including phenoxy) is 3. The highest BCUT2D eigenvalue weighted by Gasteiger charge is 2.50. The van der Waals surface area contributed by atoms with Crippen LogP contribution in [0.1, 0.15) is 19.4 Å². The first-order valence-corrected chi connectivity index (χ1v) is 9.34. The van der Waals surface area contributed by atoms with Gasteiger partial charge in [0.25, 0.3) is 11.8 Å². The van der Waals surface area contributed by atoms with E-state index in [4.69, 9.17) is 14.2 Å². The van der Waals surface area contributed by atoms with Crippen molar-refractivity contribution in [3.8, 4) is 17.2 Å². The Balaban J connectivity index is 1.66. The van der Waals surface area contributed by atoms with Crippen molar-refractivity contribution < 1.29 is 28.6 Å². The minimum atomic E-state index is -1.32. The summed E-state index contributed by atoms with van der Waals surface area (Å²) in [6.07, 6.45) is 0. The molecule has 1 fully saturated rings. The lowest BCUT2D eigenvalue weighted by Gasteiger charge is -2.22. The summed E-state index contributed by atoms with van der Waals surface area (Å²) < 4.78 is 16.0. The Kier molecular flexibility index (Phi) is 6.10. The van der Waals surface area contributed by atoms with Gasteiger partial charge < -0.3 is 19.5 Å². The molecule has 0 bridgehead atoms. The first kappa shape index (κ1) is 21.0. The molecule has 2 aromatic carbocycles. The van der Waals surface area contributed by atoms with Gasteiger partial charge in [-0.2, -0.15) is 5.01 Å². The van der Waals surface area contributed by atoms with E-state index in [0.29, 0.717) is 34.4 Å². The Morgan fingerprint density at radius 2 is 1.70 bits per heavy atom. The monoisotopic (exact) mass is 413 g/mol. The lowest BCUT2D eigenvalue weighted by Crippen LogP contribution is -2.49. The van der Waals surface area contributed by atoms with Crippen LogP contribution in [-0.4, -0.2) is 43.2 Å². The first-order chi connectivity index (χ1) is 14.4. The topological polar surface area (TPSA) is 106 Å². The van der Waals surface area contributed by atoms with Gasteiger partial charge in [-0.1, -0.05) is 24.3 Å². The van der Waals surface area contributed by atoms with Gasteiger partial charge >= 0.3 is 6.03 Å². The molecule has 158 valence electrons. The average Bonchev–Trinajstić information content (AvgIpc) is 2.97. The number of carbonyl (C=O) groups excluding carboxylic acids is 3. The van der Waals surface area contributed by atoms with E-state index < -0.39 is 30.0 Å². The number of amides is 4. The molecule has 2 aromatic rings. The number of urea groups is 1. The Hall–Kier alpha value is -3.75. The highest BCUT2D eigenvalue weighted by molar-refractivity contribution is 6.08. The second-order valence-corrected chi connectivity index (χ2v) is 6.63. The highest BCUT2D eigenvalue weighted by atomic mass is 16.5. The summed E-state index contributed by atoms with van der Waals surface area (Å²) in [5.41, 5.74) is 1.53. The molecule has 0 spiro atoms. The maximum Gasteiger partial charge on any atom is 0.344 e. The third-order valence-electron chi connectivity index (χ3n) is 4.60. The Morgan fingerprint density at radius 1 is 1.07 bits per heavy atom. The molecular weight excluding hydrogens is 390 g/mol. The molecule has 9 nitrogen and oxygen atoms in total. The van der Waals surface area contributed by atoms with Gasteiger partial charge in [0.1, 0.15) is 11.3 Å². The number of methoxy groups -OCH3 is 1. The van der Waals surface area contributed by atoms with E-state index in [1.54, 1.807) is 55.5 Å². The number of para-hydroxylation sites is 2. The van der Waals surface area contributed by atoms with Crippen LogP contribution in [0.3, 0.4) is 0 Å². The Morgan fingerprint density at radius 3 is 2.30 bits per heavy atom.